The number of rotatable bonds is 3. The van der Waals surface area contributed by atoms with Crippen LogP contribution in [0, 0.1) is 5.82 Å². The SMILES string of the molecule is COc1cc([C@@H]2Nc3ccccc3C(=O)N2c2ccc(F)cc2)cc2c1OCCO2. The first-order valence-corrected chi connectivity index (χ1v) is 9.58. The van der Waals surface area contributed by atoms with Crippen LogP contribution in [0.2, 0.25) is 0 Å². The summed E-state index contributed by atoms with van der Waals surface area (Å²) >= 11 is 0. The molecule has 30 heavy (non-hydrogen) atoms. The molecule has 0 saturated heterocycles. The summed E-state index contributed by atoms with van der Waals surface area (Å²) in [6.45, 7) is 0.874. The van der Waals surface area contributed by atoms with E-state index in [0.717, 1.165) is 11.3 Å². The van der Waals surface area contributed by atoms with Gasteiger partial charge in [-0.05, 0) is 48.5 Å². The number of carbonyl (C=O) groups excluding carboxylic acids is 1. The average molecular weight is 406 g/mol. The fourth-order valence-electron chi connectivity index (χ4n) is 3.81. The smallest absolute Gasteiger partial charge is 0.262 e. The second-order valence-corrected chi connectivity index (χ2v) is 6.99. The summed E-state index contributed by atoms with van der Waals surface area (Å²) in [7, 11) is 1.56. The fraction of sp³-hybridized carbons (Fsp3) is 0.174. The summed E-state index contributed by atoms with van der Waals surface area (Å²) in [6.07, 6.45) is -0.553. The maximum atomic E-state index is 13.5. The van der Waals surface area contributed by atoms with Crippen LogP contribution in [-0.4, -0.2) is 26.2 Å². The number of carbonyl (C=O) groups is 1. The number of anilines is 2. The fourth-order valence-corrected chi connectivity index (χ4v) is 3.81. The third-order valence-electron chi connectivity index (χ3n) is 5.20. The molecular weight excluding hydrogens is 387 g/mol. The molecular formula is C23H19FN2O4. The molecule has 0 saturated carbocycles. The maximum Gasteiger partial charge on any atom is 0.262 e. The number of hydrogen-bond acceptors (Lipinski definition) is 5. The van der Waals surface area contributed by atoms with Crippen molar-refractivity contribution in [1.82, 2.24) is 0 Å². The van der Waals surface area contributed by atoms with Gasteiger partial charge in [-0.15, -0.1) is 0 Å². The number of hydrogen-bond donors (Lipinski definition) is 1. The molecule has 152 valence electrons. The van der Waals surface area contributed by atoms with Gasteiger partial charge in [-0.3, -0.25) is 9.69 Å². The van der Waals surface area contributed by atoms with Crippen molar-refractivity contribution in [3.05, 3.63) is 77.6 Å². The second kappa shape index (κ2) is 7.26. The van der Waals surface area contributed by atoms with E-state index in [1.54, 1.807) is 30.2 Å². The zero-order valence-electron chi connectivity index (χ0n) is 16.2. The van der Waals surface area contributed by atoms with Crippen LogP contribution >= 0.6 is 0 Å². The minimum atomic E-state index is -0.553. The first kappa shape index (κ1) is 18.3. The van der Waals surface area contributed by atoms with Crippen molar-refractivity contribution < 1.29 is 23.4 Å². The molecule has 1 N–H and O–H groups in total. The number of nitrogens with zero attached hydrogens (tertiary/aromatic N) is 1. The monoisotopic (exact) mass is 406 g/mol. The maximum absolute atomic E-state index is 13.5. The molecule has 3 aromatic rings. The molecule has 0 radical (unpaired) electrons. The van der Waals surface area contributed by atoms with Gasteiger partial charge in [0.15, 0.2) is 11.5 Å². The molecule has 3 aromatic carbocycles. The molecule has 0 fully saturated rings. The Hall–Kier alpha value is -3.74. The van der Waals surface area contributed by atoms with E-state index < -0.39 is 6.17 Å². The van der Waals surface area contributed by atoms with E-state index in [0.29, 0.717) is 41.7 Å². The van der Waals surface area contributed by atoms with Crippen molar-refractivity contribution >= 4 is 17.3 Å². The Morgan fingerprint density at radius 3 is 2.63 bits per heavy atom. The molecule has 2 aliphatic heterocycles. The Bertz CT molecular complexity index is 1100. The molecule has 1 atom stereocenters. The number of ether oxygens (including phenoxy) is 3. The number of amides is 1. The van der Waals surface area contributed by atoms with E-state index >= 15 is 0 Å². The van der Waals surface area contributed by atoms with Crippen LogP contribution in [0.5, 0.6) is 17.2 Å². The molecule has 1 amide bonds. The number of nitrogens with one attached hydrogen (secondary N) is 1. The Balaban J connectivity index is 1.66. The van der Waals surface area contributed by atoms with Crippen LogP contribution in [0.4, 0.5) is 15.8 Å². The van der Waals surface area contributed by atoms with E-state index in [4.69, 9.17) is 14.2 Å². The largest absolute Gasteiger partial charge is 0.493 e. The van der Waals surface area contributed by atoms with Crippen LogP contribution in [0.1, 0.15) is 22.1 Å². The highest BCUT2D eigenvalue weighted by Crippen LogP contribution is 2.44. The zero-order chi connectivity index (χ0) is 20.7. The predicted molar refractivity (Wildman–Crippen MR) is 110 cm³/mol. The van der Waals surface area contributed by atoms with Gasteiger partial charge in [-0.2, -0.15) is 0 Å². The molecule has 0 aliphatic carbocycles. The molecule has 2 heterocycles. The number of fused-ring (bicyclic) bond motifs is 2. The van der Waals surface area contributed by atoms with Crippen molar-refractivity contribution in [1.29, 1.82) is 0 Å². The number of para-hydroxylation sites is 1. The van der Waals surface area contributed by atoms with Crippen LogP contribution in [0.15, 0.2) is 60.7 Å². The zero-order valence-corrected chi connectivity index (χ0v) is 16.2. The van der Waals surface area contributed by atoms with Crippen molar-refractivity contribution in [3.8, 4) is 17.2 Å². The third kappa shape index (κ3) is 2.99. The lowest BCUT2D eigenvalue weighted by Gasteiger charge is -2.38. The lowest BCUT2D eigenvalue weighted by atomic mass is 10.0. The van der Waals surface area contributed by atoms with Crippen LogP contribution in [0.25, 0.3) is 0 Å². The van der Waals surface area contributed by atoms with E-state index in [-0.39, 0.29) is 11.7 Å². The van der Waals surface area contributed by atoms with Gasteiger partial charge in [0.25, 0.3) is 5.91 Å². The van der Waals surface area contributed by atoms with Gasteiger partial charge in [-0.1, -0.05) is 12.1 Å². The molecule has 6 nitrogen and oxygen atoms in total. The van der Waals surface area contributed by atoms with Gasteiger partial charge >= 0.3 is 0 Å². The molecule has 2 aliphatic rings. The number of methoxy groups -OCH3 is 1. The minimum absolute atomic E-state index is 0.185. The third-order valence-corrected chi connectivity index (χ3v) is 5.20. The summed E-state index contributed by atoms with van der Waals surface area (Å²) in [4.78, 5) is 15.0. The lowest BCUT2D eigenvalue weighted by Crippen LogP contribution is -2.43. The minimum Gasteiger partial charge on any atom is -0.493 e. The highest BCUT2D eigenvalue weighted by atomic mass is 19.1. The summed E-state index contributed by atoms with van der Waals surface area (Å²) in [5, 5.41) is 3.42. The van der Waals surface area contributed by atoms with Gasteiger partial charge in [0.1, 0.15) is 25.2 Å². The molecule has 0 spiro atoms. The van der Waals surface area contributed by atoms with E-state index in [9.17, 15) is 9.18 Å². The van der Waals surface area contributed by atoms with Gasteiger partial charge in [-0.25, -0.2) is 4.39 Å². The first-order valence-electron chi connectivity index (χ1n) is 9.58. The summed E-state index contributed by atoms with van der Waals surface area (Å²) in [5.41, 5.74) is 2.59. The van der Waals surface area contributed by atoms with Crippen molar-refractivity contribution in [2.45, 2.75) is 6.17 Å². The Morgan fingerprint density at radius 2 is 1.83 bits per heavy atom. The van der Waals surface area contributed by atoms with Crippen molar-refractivity contribution in [2.75, 3.05) is 30.5 Å². The van der Waals surface area contributed by atoms with Crippen molar-refractivity contribution in [2.24, 2.45) is 0 Å². The standard InChI is InChI=1S/C23H19FN2O4/c1-28-19-12-14(13-20-21(19)30-11-10-29-20)22-25-18-5-3-2-4-17(18)23(27)26(22)16-8-6-15(24)7-9-16/h2-9,12-13,22,25H,10-11H2,1H3/t22-/m1/s1. The van der Waals surface area contributed by atoms with Gasteiger partial charge in [0.2, 0.25) is 5.75 Å². The average Bonchev–Trinajstić information content (AvgIpc) is 2.79. The van der Waals surface area contributed by atoms with Gasteiger partial charge in [0, 0.05) is 16.9 Å². The first-order chi connectivity index (χ1) is 14.7. The molecule has 0 aromatic heterocycles. The normalized spacial score (nSPS) is 17.2. The van der Waals surface area contributed by atoms with E-state index in [1.807, 2.05) is 30.3 Å². The molecule has 0 unspecified atom stereocenters. The lowest BCUT2D eigenvalue weighted by molar-refractivity contribution is 0.0974. The van der Waals surface area contributed by atoms with E-state index in [2.05, 4.69) is 5.32 Å². The molecule has 0 bridgehead atoms. The molecule has 5 rings (SSSR count). The van der Waals surface area contributed by atoms with Crippen LogP contribution in [0.3, 0.4) is 0 Å². The Morgan fingerprint density at radius 1 is 1.07 bits per heavy atom. The highest BCUT2D eigenvalue weighted by molar-refractivity contribution is 6.12. The summed E-state index contributed by atoms with van der Waals surface area (Å²) < 4.78 is 30.5. The molecule has 7 heteroatoms. The summed E-state index contributed by atoms with van der Waals surface area (Å²) in [5.74, 6) is 1.07. The van der Waals surface area contributed by atoms with Crippen LogP contribution in [-0.2, 0) is 0 Å². The van der Waals surface area contributed by atoms with Gasteiger partial charge < -0.3 is 19.5 Å². The topological polar surface area (TPSA) is 60.0 Å². The Kier molecular flexibility index (Phi) is 4.43. The van der Waals surface area contributed by atoms with Gasteiger partial charge in [0.05, 0.1) is 12.7 Å². The van der Waals surface area contributed by atoms with Crippen LogP contribution < -0.4 is 24.4 Å². The number of benzene rings is 3. The van der Waals surface area contributed by atoms with E-state index in [1.165, 1.54) is 12.1 Å². The Labute approximate surface area is 172 Å². The highest BCUT2D eigenvalue weighted by Gasteiger charge is 2.35. The predicted octanol–water partition coefficient (Wildman–Crippen LogP) is 4.38. The summed E-state index contributed by atoms with van der Waals surface area (Å²) in [6, 6.07) is 16.8. The second-order valence-electron chi connectivity index (χ2n) is 6.99. The quantitative estimate of drug-likeness (QED) is 0.700. The number of halogens is 1. The van der Waals surface area contributed by atoms with Crippen molar-refractivity contribution in [3.63, 3.8) is 0 Å².